The van der Waals surface area contributed by atoms with Crippen LogP contribution in [0.1, 0.15) is 44.9 Å². The van der Waals surface area contributed by atoms with Crippen molar-refractivity contribution in [3.05, 3.63) is 35.4 Å². The normalized spacial score (nSPS) is 36.0. The molecular weight excluding hydrogens is 509 g/mol. The summed E-state index contributed by atoms with van der Waals surface area (Å²) in [6.07, 6.45) is 1.71. The zero-order valence-electron chi connectivity index (χ0n) is 21.7. The standard InChI is InChI=1S/C29H37F3N4OS/c30-29(31,32)28(37)15-20-13-23(28)22-16-33-24(26(20)22)14-18-5-1-2-6-19(18)17-35-9-11-36(12-10-35)27-21-7-3-4-8-25(21)38-34-27/h3-4,7-8,18-19,22-24,33,37H,1-2,5-6,9-17H2/t18-,19+,22?,23?,24?,28?/m1/s1. The highest BCUT2D eigenvalue weighted by Crippen LogP contribution is 2.61. The van der Waals surface area contributed by atoms with Crippen LogP contribution in [-0.4, -0.2) is 71.5 Å². The van der Waals surface area contributed by atoms with E-state index >= 15 is 0 Å². The fourth-order valence-corrected chi connectivity index (χ4v) is 9.30. The molecule has 3 heterocycles. The first-order valence-electron chi connectivity index (χ1n) is 14.4. The lowest BCUT2D eigenvalue weighted by atomic mass is 9.72. The number of benzene rings is 1. The minimum atomic E-state index is -4.55. The van der Waals surface area contributed by atoms with Gasteiger partial charge in [0.1, 0.15) is 5.82 Å². The van der Waals surface area contributed by atoms with Crippen molar-refractivity contribution < 1.29 is 18.3 Å². The van der Waals surface area contributed by atoms with Gasteiger partial charge in [0.05, 0.1) is 4.70 Å². The molecule has 5 aliphatic rings. The van der Waals surface area contributed by atoms with Crippen LogP contribution in [0.5, 0.6) is 0 Å². The molecule has 4 unspecified atom stereocenters. The van der Waals surface area contributed by atoms with Gasteiger partial charge >= 0.3 is 6.18 Å². The van der Waals surface area contributed by atoms with Gasteiger partial charge in [-0.3, -0.25) is 4.90 Å². The summed E-state index contributed by atoms with van der Waals surface area (Å²) < 4.78 is 47.0. The quantitative estimate of drug-likeness (QED) is 0.504. The van der Waals surface area contributed by atoms with Crippen molar-refractivity contribution in [1.29, 1.82) is 0 Å². The highest BCUT2D eigenvalue weighted by Gasteiger charge is 2.67. The van der Waals surface area contributed by atoms with Crippen LogP contribution < -0.4 is 10.2 Å². The Hall–Kier alpha value is -1.68. The summed E-state index contributed by atoms with van der Waals surface area (Å²) in [5.74, 6) is 1.54. The van der Waals surface area contributed by atoms with Crippen LogP contribution in [0, 0.1) is 23.7 Å². The van der Waals surface area contributed by atoms with Crippen molar-refractivity contribution >= 4 is 27.4 Å². The summed E-state index contributed by atoms with van der Waals surface area (Å²) in [6, 6.07) is 8.66. The van der Waals surface area contributed by atoms with E-state index in [1.165, 1.54) is 41.3 Å². The number of halogens is 3. The number of nitrogens with zero attached hydrogens (tertiary/aromatic N) is 3. The van der Waals surface area contributed by atoms with Crippen molar-refractivity contribution in [1.82, 2.24) is 14.6 Å². The van der Waals surface area contributed by atoms with E-state index < -0.39 is 17.7 Å². The van der Waals surface area contributed by atoms with E-state index in [0.29, 0.717) is 24.8 Å². The highest BCUT2D eigenvalue weighted by atomic mass is 32.1. The molecule has 1 aromatic heterocycles. The summed E-state index contributed by atoms with van der Waals surface area (Å²) in [4.78, 5) is 5.06. The molecule has 0 radical (unpaired) electrons. The average Bonchev–Trinajstić information content (AvgIpc) is 3.67. The number of alkyl halides is 3. The number of nitrogens with one attached hydrogen (secondary N) is 1. The van der Waals surface area contributed by atoms with Gasteiger partial charge in [0.2, 0.25) is 0 Å². The Balaban J connectivity index is 0.988. The van der Waals surface area contributed by atoms with Crippen molar-refractivity contribution in [2.45, 2.75) is 62.8 Å². The van der Waals surface area contributed by atoms with Crippen LogP contribution in [0.15, 0.2) is 35.4 Å². The van der Waals surface area contributed by atoms with Crippen molar-refractivity contribution in [2.24, 2.45) is 23.7 Å². The molecule has 9 heteroatoms. The molecule has 1 aromatic carbocycles. The Bertz CT molecular complexity index is 1220. The molecule has 2 N–H and O–H groups in total. The van der Waals surface area contributed by atoms with E-state index in [0.717, 1.165) is 50.5 Å². The molecule has 0 amide bonds. The second kappa shape index (κ2) is 9.46. The molecule has 2 aliphatic heterocycles. The number of rotatable bonds is 5. The van der Waals surface area contributed by atoms with Crippen molar-refractivity contribution in [3.63, 3.8) is 0 Å². The Morgan fingerprint density at radius 3 is 2.63 bits per heavy atom. The number of aliphatic hydroxyl groups is 1. The van der Waals surface area contributed by atoms with Crippen molar-refractivity contribution in [3.8, 4) is 0 Å². The van der Waals surface area contributed by atoms with Gasteiger partial charge in [-0.15, -0.1) is 0 Å². The number of anilines is 1. The maximum Gasteiger partial charge on any atom is 0.417 e. The summed E-state index contributed by atoms with van der Waals surface area (Å²) >= 11 is 1.58. The summed E-state index contributed by atoms with van der Waals surface area (Å²) in [5.41, 5.74) is -0.391. The van der Waals surface area contributed by atoms with E-state index in [1.807, 2.05) is 0 Å². The average molecular weight is 547 g/mol. The van der Waals surface area contributed by atoms with Gasteiger partial charge < -0.3 is 15.3 Å². The maximum atomic E-state index is 13.7. The summed E-state index contributed by atoms with van der Waals surface area (Å²) in [5, 5.41) is 15.4. The first-order chi connectivity index (χ1) is 18.3. The smallest absolute Gasteiger partial charge is 0.380 e. The third-order valence-corrected chi connectivity index (χ3v) is 11.3. The van der Waals surface area contributed by atoms with Gasteiger partial charge in [-0.1, -0.05) is 37.0 Å². The lowest BCUT2D eigenvalue weighted by molar-refractivity contribution is -0.276. The third kappa shape index (κ3) is 4.11. The Morgan fingerprint density at radius 2 is 1.84 bits per heavy atom. The lowest BCUT2D eigenvalue weighted by Crippen LogP contribution is -2.51. The van der Waals surface area contributed by atoms with Crippen LogP contribution in [0.2, 0.25) is 0 Å². The second-order valence-corrected chi connectivity index (χ2v) is 13.2. The Kier molecular flexibility index (Phi) is 6.30. The predicted octanol–water partition coefficient (Wildman–Crippen LogP) is 5.22. The van der Waals surface area contributed by atoms with E-state index in [-0.39, 0.29) is 18.4 Å². The first-order valence-corrected chi connectivity index (χ1v) is 15.1. The maximum absolute atomic E-state index is 13.7. The molecule has 6 atom stereocenters. The number of hydrogen-bond donors (Lipinski definition) is 2. The number of fused-ring (bicyclic) bond motifs is 5. The SMILES string of the molecule is OC1(C(F)(F)F)CC2=C3C(C[C@H]4CCCC[C@H]4CN4CCN(c5nsc6ccccc56)CC4)NCC3C1C2. The fourth-order valence-electron chi connectivity index (χ4n) is 8.51. The molecule has 5 nitrogen and oxygen atoms in total. The minimum Gasteiger partial charge on any atom is -0.380 e. The monoisotopic (exact) mass is 546 g/mol. The molecule has 4 fully saturated rings. The zero-order chi connectivity index (χ0) is 26.1. The molecule has 206 valence electrons. The largest absolute Gasteiger partial charge is 0.417 e. The molecule has 2 bridgehead atoms. The Labute approximate surface area is 226 Å². The number of piperazine rings is 1. The summed E-state index contributed by atoms with van der Waals surface area (Å²) in [6.45, 7) is 5.79. The van der Waals surface area contributed by atoms with Crippen LogP contribution in [0.25, 0.3) is 10.1 Å². The van der Waals surface area contributed by atoms with Crippen LogP contribution in [-0.2, 0) is 0 Å². The zero-order valence-corrected chi connectivity index (χ0v) is 22.5. The van der Waals surface area contributed by atoms with Crippen LogP contribution in [0.4, 0.5) is 19.0 Å². The molecule has 2 aromatic rings. The minimum absolute atomic E-state index is 0.146. The van der Waals surface area contributed by atoms with Gasteiger partial charge in [-0.05, 0) is 60.3 Å². The lowest BCUT2D eigenvalue weighted by Gasteiger charge is -2.41. The number of aromatic nitrogens is 1. The molecule has 0 spiro atoms. The van der Waals surface area contributed by atoms with Crippen LogP contribution >= 0.6 is 11.5 Å². The molecule has 3 aliphatic carbocycles. The van der Waals surface area contributed by atoms with E-state index in [4.69, 9.17) is 4.37 Å². The highest BCUT2D eigenvalue weighted by molar-refractivity contribution is 7.13. The predicted molar refractivity (Wildman–Crippen MR) is 144 cm³/mol. The fraction of sp³-hybridized carbons (Fsp3) is 0.690. The Morgan fingerprint density at radius 1 is 1.08 bits per heavy atom. The second-order valence-electron chi connectivity index (χ2n) is 12.4. The first kappa shape index (κ1) is 25.3. The molecular formula is C29H37F3N4OS. The van der Waals surface area contributed by atoms with Crippen LogP contribution in [0.3, 0.4) is 0 Å². The topological polar surface area (TPSA) is 51.6 Å². The molecule has 2 saturated heterocycles. The van der Waals surface area contributed by atoms with E-state index in [1.54, 1.807) is 11.5 Å². The van der Waals surface area contributed by atoms with Gasteiger partial charge in [-0.25, -0.2) is 0 Å². The molecule has 2 saturated carbocycles. The molecule has 7 rings (SSSR count). The summed E-state index contributed by atoms with van der Waals surface area (Å²) in [7, 11) is 0. The van der Waals surface area contributed by atoms with Crippen molar-refractivity contribution in [2.75, 3.05) is 44.2 Å². The van der Waals surface area contributed by atoms with E-state index in [2.05, 4.69) is 39.4 Å². The van der Waals surface area contributed by atoms with Gasteiger partial charge in [0.25, 0.3) is 0 Å². The van der Waals surface area contributed by atoms with Gasteiger partial charge in [0, 0.05) is 69.0 Å². The van der Waals surface area contributed by atoms with Gasteiger partial charge in [0.15, 0.2) is 5.60 Å². The third-order valence-electron chi connectivity index (χ3n) is 10.4. The van der Waals surface area contributed by atoms with Gasteiger partial charge in [-0.2, -0.15) is 17.5 Å². The number of hydrogen-bond acceptors (Lipinski definition) is 6. The van der Waals surface area contributed by atoms with E-state index in [9.17, 15) is 18.3 Å². The molecule has 38 heavy (non-hydrogen) atoms.